The second-order valence-corrected chi connectivity index (χ2v) is 5.44. The molecule has 0 bridgehead atoms. The van der Waals surface area contributed by atoms with Crippen molar-refractivity contribution < 1.29 is 9.53 Å². The van der Waals surface area contributed by atoms with Crippen molar-refractivity contribution in [2.75, 3.05) is 0 Å². The first-order chi connectivity index (χ1) is 9.21. The van der Waals surface area contributed by atoms with Crippen LogP contribution in [0.2, 0.25) is 0 Å². The number of hydrogen-bond acceptors (Lipinski definition) is 2. The smallest absolute Gasteiger partial charge is 0.415 e. The summed E-state index contributed by atoms with van der Waals surface area (Å²) in [6, 6.07) is 9.98. The highest BCUT2D eigenvalue weighted by Gasteiger charge is 2.49. The van der Waals surface area contributed by atoms with Crippen molar-refractivity contribution in [2.45, 2.75) is 44.2 Å². The van der Waals surface area contributed by atoms with Gasteiger partial charge in [-0.3, -0.25) is 4.90 Å². The highest BCUT2D eigenvalue weighted by Crippen LogP contribution is 2.43. The van der Waals surface area contributed by atoms with Gasteiger partial charge in [-0.2, -0.15) is 0 Å². The number of carbonyl (C=O) groups is 1. The van der Waals surface area contributed by atoms with E-state index in [2.05, 4.69) is 6.58 Å². The summed E-state index contributed by atoms with van der Waals surface area (Å²) in [6.45, 7) is 4.70. The van der Waals surface area contributed by atoms with Crippen LogP contribution in [-0.2, 0) is 11.3 Å². The zero-order valence-corrected chi connectivity index (χ0v) is 11.1. The van der Waals surface area contributed by atoms with Crippen molar-refractivity contribution in [2.24, 2.45) is 0 Å². The number of nitrogens with zero attached hydrogens (tertiary/aromatic N) is 1. The Bertz CT molecular complexity index is 489. The lowest BCUT2D eigenvalue weighted by molar-refractivity contribution is 0.0401. The predicted molar refractivity (Wildman–Crippen MR) is 73.4 cm³/mol. The minimum absolute atomic E-state index is 0.240. The molecule has 1 saturated carbocycles. The molecule has 1 heterocycles. The van der Waals surface area contributed by atoms with Crippen LogP contribution in [0.1, 0.15) is 37.7 Å². The third-order valence-corrected chi connectivity index (χ3v) is 4.20. The summed E-state index contributed by atoms with van der Waals surface area (Å²) < 4.78 is 5.67. The molecule has 1 aromatic rings. The van der Waals surface area contributed by atoms with Crippen molar-refractivity contribution in [1.82, 2.24) is 4.90 Å². The van der Waals surface area contributed by atoms with Crippen molar-refractivity contribution in [3.8, 4) is 0 Å². The normalized spacial score (nSPS) is 21.8. The molecule has 2 fully saturated rings. The molecule has 1 spiro atoms. The molecule has 1 aliphatic carbocycles. The summed E-state index contributed by atoms with van der Waals surface area (Å²) in [7, 11) is 0. The summed E-state index contributed by atoms with van der Waals surface area (Å²) in [5.41, 5.74) is 1.54. The van der Waals surface area contributed by atoms with Gasteiger partial charge in [-0.15, -0.1) is 0 Å². The number of ether oxygens (including phenoxy) is 1. The van der Waals surface area contributed by atoms with Gasteiger partial charge in [-0.1, -0.05) is 43.3 Å². The summed E-state index contributed by atoms with van der Waals surface area (Å²) >= 11 is 0. The van der Waals surface area contributed by atoms with Gasteiger partial charge in [0.05, 0.1) is 12.2 Å². The number of rotatable bonds is 2. The topological polar surface area (TPSA) is 29.5 Å². The van der Waals surface area contributed by atoms with E-state index >= 15 is 0 Å². The van der Waals surface area contributed by atoms with Crippen molar-refractivity contribution in [3.63, 3.8) is 0 Å². The van der Waals surface area contributed by atoms with E-state index in [1.54, 1.807) is 4.90 Å². The van der Waals surface area contributed by atoms with Gasteiger partial charge < -0.3 is 4.74 Å². The Balaban J connectivity index is 1.79. The lowest BCUT2D eigenvalue weighted by atomic mass is 9.83. The molecule has 0 N–H and O–H groups in total. The van der Waals surface area contributed by atoms with Crippen LogP contribution >= 0.6 is 0 Å². The molecule has 0 atom stereocenters. The number of benzene rings is 1. The molecule has 1 aliphatic heterocycles. The lowest BCUT2D eigenvalue weighted by Crippen LogP contribution is -2.33. The molecule has 3 nitrogen and oxygen atoms in total. The minimum Gasteiger partial charge on any atom is -0.436 e. The Morgan fingerprint density at radius 3 is 2.53 bits per heavy atom. The maximum Gasteiger partial charge on any atom is 0.415 e. The molecule has 2 aliphatic rings. The molecule has 0 radical (unpaired) electrons. The van der Waals surface area contributed by atoms with Gasteiger partial charge in [0.15, 0.2) is 5.60 Å². The highest BCUT2D eigenvalue weighted by atomic mass is 16.6. The number of hydrogen-bond donors (Lipinski definition) is 0. The maximum absolute atomic E-state index is 12.1. The van der Waals surface area contributed by atoms with Gasteiger partial charge in [-0.05, 0) is 31.2 Å². The zero-order valence-electron chi connectivity index (χ0n) is 11.1. The van der Waals surface area contributed by atoms with Crippen molar-refractivity contribution >= 4 is 6.09 Å². The van der Waals surface area contributed by atoms with E-state index in [0.717, 1.165) is 36.9 Å². The lowest BCUT2D eigenvalue weighted by Gasteiger charge is -2.32. The van der Waals surface area contributed by atoms with Gasteiger partial charge in [0, 0.05) is 0 Å². The predicted octanol–water partition coefficient (Wildman–Crippen LogP) is 3.86. The molecule has 1 saturated heterocycles. The van der Waals surface area contributed by atoms with Crippen LogP contribution in [0.3, 0.4) is 0 Å². The molecule has 1 aromatic carbocycles. The largest absolute Gasteiger partial charge is 0.436 e. The fourth-order valence-electron chi connectivity index (χ4n) is 3.08. The minimum atomic E-state index is -0.413. The van der Waals surface area contributed by atoms with Crippen LogP contribution in [-0.4, -0.2) is 16.6 Å². The summed E-state index contributed by atoms with van der Waals surface area (Å²) in [5, 5.41) is 0. The van der Waals surface area contributed by atoms with Crippen molar-refractivity contribution in [3.05, 3.63) is 48.2 Å². The van der Waals surface area contributed by atoms with Gasteiger partial charge in [0.1, 0.15) is 0 Å². The second kappa shape index (κ2) is 4.72. The quantitative estimate of drug-likeness (QED) is 0.805. The van der Waals surface area contributed by atoms with Crippen molar-refractivity contribution in [1.29, 1.82) is 0 Å². The van der Waals surface area contributed by atoms with Gasteiger partial charge in [0.2, 0.25) is 0 Å². The van der Waals surface area contributed by atoms with Gasteiger partial charge in [-0.25, -0.2) is 4.79 Å². The first-order valence-corrected chi connectivity index (χ1v) is 6.95. The summed E-state index contributed by atoms with van der Waals surface area (Å²) in [4.78, 5) is 13.8. The molecular weight excluding hydrogens is 238 g/mol. The Morgan fingerprint density at radius 1 is 1.16 bits per heavy atom. The van der Waals surface area contributed by atoms with Gasteiger partial charge in [0.25, 0.3) is 0 Å². The standard InChI is InChI=1S/C16H19NO2/c1-13-16(10-6-3-7-11-16)19-15(18)17(13)12-14-8-4-2-5-9-14/h2,4-5,8-9H,1,3,6-7,10-12H2. The third kappa shape index (κ3) is 2.14. The van der Waals surface area contributed by atoms with Crippen LogP contribution in [0.15, 0.2) is 42.6 Å². The summed E-state index contributed by atoms with van der Waals surface area (Å²) in [6.07, 6.45) is 5.06. The van der Waals surface area contributed by atoms with Crippen LogP contribution < -0.4 is 0 Å². The molecule has 3 heteroatoms. The fourth-order valence-corrected chi connectivity index (χ4v) is 3.08. The molecular formula is C16H19NO2. The average Bonchev–Trinajstić information content (AvgIpc) is 2.66. The van der Waals surface area contributed by atoms with Crippen LogP contribution in [0.25, 0.3) is 0 Å². The monoisotopic (exact) mass is 257 g/mol. The Hall–Kier alpha value is -1.77. The third-order valence-electron chi connectivity index (χ3n) is 4.20. The van der Waals surface area contributed by atoms with E-state index < -0.39 is 5.60 Å². The Kier molecular flexibility index (Phi) is 3.05. The molecule has 0 aromatic heterocycles. The maximum atomic E-state index is 12.1. The van der Waals surface area contributed by atoms with Crippen LogP contribution in [0.5, 0.6) is 0 Å². The van der Waals surface area contributed by atoms with E-state index in [1.165, 1.54) is 6.42 Å². The second-order valence-electron chi connectivity index (χ2n) is 5.44. The van der Waals surface area contributed by atoms with Gasteiger partial charge >= 0.3 is 6.09 Å². The first-order valence-electron chi connectivity index (χ1n) is 6.95. The molecule has 3 rings (SSSR count). The Labute approximate surface area is 113 Å². The SMILES string of the molecule is C=C1N(Cc2ccccc2)C(=O)OC12CCCCC2. The molecule has 0 unspecified atom stereocenters. The first kappa shape index (κ1) is 12.3. The van der Waals surface area contributed by atoms with E-state index in [0.29, 0.717) is 6.54 Å². The van der Waals surface area contributed by atoms with E-state index in [4.69, 9.17) is 4.74 Å². The summed E-state index contributed by atoms with van der Waals surface area (Å²) in [5.74, 6) is 0. The number of amides is 1. The van der Waals surface area contributed by atoms with Crippen LogP contribution in [0.4, 0.5) is 4.79 Å². The highest BCUT2D eigenvalue weighted by molar-refractivity contribution is 5.75. The number of carbonyl (C=O) groups excluding carboxylic acids is 1. The van der Waals surface area contributed by atoms with E-state index in [-0.39, 0.29) is 6.09 Å². The fraction of sp³-hybridized carbons (Fsp3) is 0.438. The van der Waals surface area contributed by atoms with E-state index in [9.17, 15) is 4.79 Å². The van der Waals surface area contributed by atoms with Crippen LogP contribution in [0, 0.1) is 0 Å². The zero-order chi connectivity index (χ0) is 13.3. The average molecular weight is 257 g/mol. The molecule has 1 amide bonds. The molecule has 100 valence electrons. The van der Waals surface area contributed by atoms with E-state index in [1.807, 2.05) is 30.3 Å². The Morgan fingerprint density at radius 2 is 1.84 bits per heavy atom. The molecule has 19 heavy (non-hydrogen) atoms.